The van der Waals surface area contributed by atoms with Crippen molar-refractivity contribution in [2.45, 2.75) is 13.5 Å². The van der Waals surface area contributed by atoms with Crippen LogP contribution in [0.2, 0.25) is 10.0 Å². The lowest BCUT2D eigenvalue weighted by molar-refractivity contribution is -0.384. The SMILES string of the molecule is Cc1cc(OCc2ccc([N+](=O)[O-])cc2)cc2c1C(=O)/C(=C/c1c(Cl)cccc1Cl)O2. The lowest BCUT2D eigenvalue weighted by atomic mass is 10.0. The standard InChI is InChI=1S/C23H15Cl2NO5/c1-13-9-16(30-12-14-5-7-15(8-6-14)26(28)29)10-20-22(13)23(27)21(31-20)11-17-18(24)3-2-4-19(17)25/h2-11H,12H2,1H3/b21-11-. The Balaban J connectivity index is 1.56. The van der Waals surface area contributed by atoms with E-state index in [-0.39, 0.29) is 23.8 Å². The molecule has 0 aromatic heterocycles. The zero-order chi connectivity index (χ0) is 22.1. The fourth-order valence-electron chi connectivity index (χ4n) is 3.22. The van der Waals surface area contributed by atoms with Crippen LogP contribution in [0.25, 0.3) is 6.08 Å². The van der Waals surface area contributed by atoms with Crippen LogP contribution < -0.4 is 9.47 Å². The Labute approximate surface area is 187 Å². The molecule has 1 heterocycles. The summed E-state index contributed by atoms with van der Waals surface area (Å²) in [5.74, 6) is 0.767. The number of aryl methyl sites for hydroxylation is 1. The number of hydrogen-bond acceptors (Lipinski definition) is 5. The highest BCUT2D eigenvalue weighted by molar-refractivity contribution is 6.37. The quantitative estimate of drug-likeness (QED) is 0.252. The zero-order valence-electron chi connectivity index (χ0n) is 16.2. The Kier molecular flexibility index (Phi) is 5.67. The van der Waals surface area contributed by atoms with Gasteiger partial charge in [0.1, 0.15) is 18.1 Å². The molecular weight excluding hydrogens is 441 g/mol. The van der Waals surface area contributed by atoms with Crippen molar-refractivity contribution in [3.8, 4) is 11.5 Å². The van der Waals surface area contributed by atoms with E-state index in [0.29, 0.717) is 38.2 Å². The van der Waals surface area contributed by atoms with Gasteiger partial charge in [-0.1, -0.05) is 29.3 Å². The lowest BCUT2D eigenvalue weighted by Crippen LogP contribution is -2.00. The van der Waals surface area contributed by atoms with Crippen LogP contribution in [0.1, 0.15) is 27.0 Å². The summed E-state index contributed by atoms with van der Waals surface area (Å²) in [6.07, 6.45) is 1.53. The molecule has 1 aliphatic heterocycles. The van der Waals surface area contributed by atoms with Gasteiger partial charge in [-0.15, -0.1) is 0 Å². The summed E-state index contributed by atoms with van der Waals surface area (Å²) < 4.78 is 11.6. The van der Waals surface area contributed by atoms with Gasteiger partial charge in [0.05, 0.1) is 10.5 Å². The molecule has 0 bridgehead atoms. The third-order valence-electron chi connectivity index (χ3n) is 4.77. The minimum absolute atomic E-state index is 0.0157. The molecule has 156 valence electrons. The van der Waals surface area contributed by atoms with Crippen molar-refractivity contribution in [3.63, 3.8) is 0 Å². The van der Waals surface area contributed by atoms with Crippen LogP contribution in [0.3, 0.4) is 0 Å². The molecule has 6 nitrogen and oxygen atoms in total. The summed E-state index contributed by atoms with van der Waals surface area (Å²) in [5.41, 5.74) is 2.46. The number of Topliss-reactive ketones (excluding diaryl/α,β-unsaturated/α-hetero) is 1. The number of carbonyl (C=O) groups excluding carboxylic acids is 1. The third-order valence-corrected chi connectivity index (χ3v) is 5.43. The zero-order valence-corrected chi connectivity index (χ0v) is 17.7. The number of halogens is 2. The molecule has 0 radical (unpaired) electrons. The molecule has 0 atom stereocenters. The van der Waals surface area contributed by atoms with Gasteiger partial charge in [0, 0.05) is 33.8 Å². The summed E-state index contributed by atoms with van der Waals surface area (Å²) in [5, 5.41) is 11.6. The van der Waals surface area contributed by atoms with Gasteiger partial charge in [-0.05, 0) is 54.5 Å². The maximum atomic E-state index is 12.8. The highest BCUT2D eigenvalue weighted by Crippen LogP contribution is 2.39. The maximum Gasteiger partial charge on any atom is 0.269 e. The summed E-state index contributed by atoms with van der Waals surface area (Å²) in [6, 6.07) is 14.6. The van der Waals surface area contributed by atoms with Crippen molar-refractivity contribution in [3.05, 3.63) is 103 Å². The van der Waals surface area contributed by atoms with Crippen LogP contribution in [-0.4, -0.2) is 10.7 Å². The summed E-state index contributed by atoms with van der Waals surface area (Å²) in [6.45, 7) is 2.01. The van der Waals surface area contributed by atoms with Gasteiger partial charge in [0.25, 0.3) is 5.69 Å². The number of nitrogens with zero attached hydrogens (tertiary/aromatic N) is 1. The number of fused-ring (bicyclic) bond motifs is 1. The largest absolute Gasteiger partial charge is 0.489 e. The van der Waals surface area contributed by atoms with Crippen LogP contribution in [0, 0.1) is 17.0 Å². The second-order valence-corrected chi connectivity index (χ2v) is 7.72. The van der Waals surface area contributed by atoms with Crippen LogP contribution in [0.15, 0.2) is 60.4 Å². The van der Waals surface area contributed by atoms with Crippen molar-refractivity contribution >= 4 is 40.7 Å². The van der Waals surface area contributed by atoms with E-state index < -0.39 is 4.92 Å². The number of ether oxygens (including phenoxy) is 2. The van der Waals surface area contributed by atoms with Crippen molar-refractivity contribution in [1.29, 1.82) is 0 Å². The number of hydrogen-bond donors (Lipinski definition) is 0. The molecular formula is C23H15Cl2NO5. The molecule has 0 unspecified atom stereocenters. The number of nitro benzene ring substituents is 1. The summed E-state index contributed by atoms with van der Waals surface area (Å²) in [4.78, 5) is 23.1. The molecule has 0 aliphatic carbocycles. The number of nitro groups is 1. The van der Waals surface area contributed by atoms with Crippen LogP contribution in [-0.2, 0) is 6.61 Å². The Morgan fingerprint density at radius 2 is 1.77 bits per heavy atom. The first-order chi connectivity index (χ1) is 14.8. The molecule has 1 aliphatic rings. The van der Waals surface area contributed by atoms with E-state index in [2.05, 4.69) is 0 Å². The van der Waals surface area contributed by atoms with Gasteiger partial charge in [0.2, 0.25) is 5.78 Å². The Morgan fingerprint density at radius 3 is 2.42 bits per heavy atom. The minimum atomic E-state index is -0.455. The normalized spacial score (nSPS) is 13.8. The lowest BCUT2D eigenvalue weighted by Gasteiger charge is -2.09. The topological polar surface area (TPSA) is 78.7 Å². The molecule has 0 amide bonds. The van der Waals surface area contributed by atoms with E-state index in [9.17, 15) is 14.9 Å². The maximum absolute atomic E-state index is 12.8. The number of rotatable bonds is 5. The average molecular weight is 456 g/mol. The fraction of sp³-hybridized carbons (Fsp3) is 0.0870. The van der Waals surface area contributed by atoms with Gasteiger partial charge in [0.15, 0.2) is 5.76 Å². The first-order valence-electron chi connectivity index (χ1n) is 9.22. The Morgan fingerprint density at radius 1 is 1.10 bits per heavy atom. The van der Waals surface area contributed by atoms with Gasteiger partial charge >= 0.3 is 0 Å². The van der Waals surface area contributed by atoms with Gasteiger partial charge in [-0.2, -0.15) is 0 Å². The van der Waals surface area contributed by atoms with Crippen LogP contribution in [0.4, 0.5) is 5.69 Å². The Bertz CT molecular complexity index is 1220. The first-order valence-corrected chi connectivity index (χ1v) is 9.98. The molecule has 0 saturated heterocycles. The number of ketones is 1. The van der Waals surface area contributed by atoms with E-state index in [4.69, 9.17) is 32.7 Å². The monoisotopic (exact) mass is 455 g/mol. The van der Waals surface area contributed by atoms with Crippen LogP contribution in [0.5, 0.6) is 11.5 Å². The van der Waals surface area contributed by atoms with Crippen LogP contribution >= 0.6 is 23.2 Å². The van der Waals surface area contributed by atoms with E-state index in [0.717, 1.165) is 5.56 Å². The second-order valence-electron chi connectivity index (χ2n) is 6.90. The minimum Gasteiger partial charge on any atom is -0.489 e. The number of carbonyl (C=O) groups is 1. The highest BCUT2D eigenvalue weighted by Gasteiger charge is 2.30. The van der Waals surface area contributed by atoms with E-state index in [1.165, 1.54) is 18.2 Å². The van der Waals surface area contributed by atoms with Gasteiger partial charge in [-0.25, -0.2) is 0 Å². The molecule has 3 aromatic carbocycles. The molecule has 0 spiro atoms. The highest BCUT2D eigenvalue weighted by atomic mass is 35.5. The molecule has 0 saturated carbocycles. The molecule has 3 aromatic rings. The molecule has 0 N–H and O–H groups in total. The van der Waals surface area contributed by atoms with E-state index in [1.54, 1.807) is 49.4 Å². The average Bonchev–Trinajstić information content (AvgIpc) is 3.05. The predicted molar refractivity (Wildman–Crippen MR) is 118 cm³/mol. The van der Waals surface area contributed by atoms with E-state index >= 15 is 0 Å². The molecule has 31 heavy (non-hydrogen) atoms. The number of non-ortho nitro benzene ring substituents is 1. The van der Waals surface area contributed by atoms with Crippen molar-refractivity contribution in [2.75, 3.05) is 0 Å². The first kappa shape index (κ1) is 20.9. The Hall–Kier alpha value is -3.35. The van der Waals surface area contributed by atoms with Gasteiger partial charge in [-0.3, -0.25) is 14.9 Å². The fourth-order valence-corrected chi connectivity index (χ4v) is 3.73. The van der Waals surface area contributed by atoms with Crippen molar-refractivity contribution < 1.29 is 19.2 Å². The molecule has 0 fully saturated rings. The second kappa shape index (κ2) is 8.41. The summed E-state index contributed by atoms with van der Waals surface area (Å²) >= 11 is 12.4. The number of benzene rings is 3. The van der Waals surface area contributed by atoms with Crippen molar-refractivity contribution in [2.24, 2.45) is 0 Å². The molecule has 4 rings (SSSR count). The smallest absolute Gasteiger partial charge is 0.269 e. The van der Waals surface area contributed by atoms with E-state index in [1.807, 2.05) is 0 Å². The van der Waals surface area contributed by atoms with Gasteiger partial charge < -0.3 is 9.47 Å². The number of allylic oxidation sites excluding steroid dienone is 1. The third kappa shape index (κ3) is 4.26. The summed E-state index contributed by atoms with van der Waals surface area (Å²) in [7, 11) is 0. The van der Waals surface area contributed by atoms with Crippen molar-refractivity contribution in [1.82, 2.24) is 0 Å². The molecule has 8 heteroatoms. The predicted octanol–water partition coefficient (Wildman–Crippen LogP) is 6.41.